The van der Waals surface area contributed by atoms with Crippen LogP contribution in [0.5, 0.6) is 0 Å². The molecule has 0 amide bonds. The average Bonchev–Trinajstić information content (AvgIpc) is 2.02. The van der Waals surface area contributed by atoms with Gasteiger partial charge in [-0.2, -0.15) is 0 Å². The summed E-state index contributed by atoms with van der Waals surface area (Å²) >= 11 is 0. The van der Waals surface area contributed by atoms with Gasteiger partial charge in [-0.25, -0.2) is 0 Å². The van der Waals surface area contributed by atoms with E-state index < -0.39 is 0 Å². The summed E-state index contributed by atoms with van der Waals surface area (Å²) in [4.78, 5) is 11.5. The summed E-state index contributed by atoms with van der Waals surface area (Å²) in [5.74, 6) is 0.183. The minimum atomic E-state index is -0.337. The van der Waals surface area contributed by atoms with E-state index >= 15 is 0 Å². The molecule has 1 rings (SSSR count). The Morgan fingerprint density at radius 3 is 2.83 bits per heavy atom. The van der Waals surface area contributed by atoms with Crippen LogP contribution in [-0.2, 0) is 4.79 Å². The second-order valence-corrected chi connectivity index (χ2v) is 3.40. The number of carbonyl (C=O) groups is 1. The molecule has 0 saturated carbocycles. The van der Waals surface area contributed by atoms with Crippen molar-refractivity contribution in [2.45, 2.75) is 20.3 Å². The van der Waals surface area contributed by atoms with Crippen LogP contribution in [0.4, 0.5) is 0 Å². The molecule has 0 heterocycles. The van der Waals surface area contributed by atoms with Crippen LogP contribution in [0.15, 0.2) is 36.5 Å². The van der Waals surface area contributed by atoms with Crippen molar-refractivity contribution in [3.8, 4) is 0 Å². The minimum absolute atomic E-state index is 0.183. The fourth-order valence-corrected chi connectivity index (χ4v) is 1.39. The van der Waals surface area contributed by atoms with E-state index in [-0.39, 0.29) is 11.2 Å². The number of rotatable bonds is 2. The Kier molecular flexibility index (Phi) is 2.32. The van der Waals surface area contributed by atoms with E-state index in [1.165, 1.54) is 0 Å². The predicted octanol–water partition coefficient (Wildman–Crippen LogP) is 2.65. The largest absolute Gasteiger partial charge is 0.294 e. The first-order valence-electron chi connectivity index (χ1n) is 4.12. The van der Waals surface area contributed by atoms with E-state index in [9.17, 15) is 4.79 Å². The van der Waals surface area contributed by atoms with Crippen LogP contribution < -0.4 is 0 Å². The zero-order valence-electron chi connectivity index (χ0n) is 7.63. The quantitative estimate of drug-likeness (QED) is 0.570. The van der Waals surface area contributed by atoms with Crippen LogP contribution >= 0.6 is 0 Å². The number of carbonyl (C=O) groups excluding carboxylic acids is 1. The summed E-state index contributed by atoms with van der Waals surface area (Å²) < 4.78 is 0. The minimum Gasteiger partial charge on any atom is -0.294 e. The maximum atomic E-state index is 11.5. The maximum absolute atomic E-state index is 11.5. The van der Waals surface area contributed by atoms with Crippen molar-refractivity contribution in [1.82, 2.24) is 0 Å². The molecule has 1 aliphatic carbocycles. The maximum Gasteiger partial charge on any atom is 0.165 e. The second-order valence-electron chi connectivity index (χ2n) is 3.40. The van der Waals surface area contributed by atoms with Crippen LogP contribution in [-0.4, -0.2) is 5.78 Å². The Morgan fingerprint density at radius 1 is 1.67 bits per heavy atom. The van der Waals surface area contributed by atoms with Crippen molar-refractivity contribution in [2.24, 2.45) is 5.41 Å². The van der Waals surface area contributed by atoms with Gasteiger partial charge in [0.05, 0.1) is 5.41 Å². The van der Waals surface area contributed by atoms with Gasteiger partial charge in [-0.05, 0) is 26.3 Å². The summed E-state index contributed by atoms with van der Waals surface area (Å²) in [6, 6.07) is 0. The molecular weight excluding hydrogens is 148 g/mol. The summed E-state index contributed by atoms with van der Waals surface area (Å²) in [5.41, 5.74) is 0.783. The lowest BCUT2D eigenvalue weighted by Gasteiger charge is -2.28. The lowest BCUT2D eigenvalue weighted by molar-refractivity contribution is -0.121. The van der Waals surface area contributed by atoms with Crippen molar-refractivity contribution >= 4 is 5.78 Å². The first kappa shape index (κ1) is 8.98. The molecule has 1 heteroatoms. The van der Waals surface area contributed by atoms with Gasteiger partial charge in [0.15, 0.2) is 5.78 Å². The van der Waals surface area contributed by atoms with E-state index in [0.717, 1.165) is 12.0 Å². The fraction of sp³-hybridized carbons (Fsp3) is 0.364. The van der Waals surface area contributed by atoms with Gasteiger partial charge >= 0.3 is 0 Å². The first-order chi connectivity index (χ1) is 5.61. The highest BCUT2D eigenvalue weighted by atomic mass is 16.1. The molecule has 12 heavy (non-hydrogen) atoms. The van der Waals surface area contributed by atoms with Crippen LogP contribution in [0.2, 0.25) is 0 Å². The third-order valence-corrected chi connectivity index (χ3v) is 2.56. The molecule has 0 N–H and O–H groups in total. The van der Waals surface area contributed by atoms with Gasteiger partial charge in [0.2, 0.25) is 0 Å². The molecule has 1 aliphatic rings. The molecule has 0 spiro atoms. The first-order valence-corrected chi connectivity index (χ1v) is 4.12. The van der Waals surface area contributed by atoms with Gasteiger partial charge in [0.25, 0.3) is 0 Å². The van der Waals surface area contributed by atoms with Crippen LogP contribution in [0.1, 0.15) is 20.3 Å². The van der Waals surface area contributed by atoms with Gasteiger partial charge in [-0.3, -0.25) is 4.79 Å². The fourth-order valence-electron chi connectivity index (χ4n) is 1.39. The van der Waals surface area contributed by atoms with Crippen molar-refractivity contribution in [1.29, 1.82) is 0 Å². The summed E-state index contributed by atoms with van der Waals surface area (Å²) in [6.45, 7) is 7.62. The average molecular weight is 162 g/mol. The van der Waals surface area contributed by atoms with Crippen molar-refractivity contribution < 1.29 is 4.79 Å². The number of hydrogen-bond acceptors (Lipinski definition) is 1. The topological polar surface area (TPSA) is 17.1 Å². The van der Waals surface area contributed by atoms with Gasteiger partial charge in [0.1, 0.15) is 0 Å². The van der Waals surface area contributed by atoms with E-state index in [0.29, 0.717) is 0 Å². The molecule has 64 valence electrons. The second kappa shape index (κ2) is 3.10. The third-order valence-electron chi connectivity index (χ3n) is 2.56. The molecular formula is C11H14O. The smallest absolute Gasteiger partial charge is 0.165 e. The molecule has 0 fully saturated rings. The Labute approximate surface area is 73.5 Å². The number of hydrogen-bond donors (Lipinski definition) is 0. The summed E-state index contributed by atoms with van der Waals surface area (Å²) in [5, 5.41) is 0. The lowest BCUT2D eigenvalue weighted by Crippen LogP contribution is -2.28. The molecule has 0 aromatic carbocycles. The van der Waals surface area contributed by atoms with Crippen LogP contribution in [0.25, 0.3) is 0 Å². The Morgan fingerprint density at radius 2 is 2.33 bits per heavy atom. The molecule has 0 aromatic heterocycles. The molecule has 0 saturated heterocycles. The Balaban J connectivity index is 3.01. The summed E-state index contributed by atoms with van der Waals surface area (Å²) in [7, 11) is 0. The van der Waals surface area contributed by atoms with E-state index in [2.05, 4.69) is 6.58 Å². The number of allylic oxidation sites excluding steroid dienone is 5. The highest BCUT2D eigenvalue weighted by Crippen LogP contribution is 2.34. The van der Waals surface area contributed by atoms with Gasteiger partial charge in [0, 0.05) is 0 Å². The molecule has 1 atom stereocenters. The highest BCUT2D eigenvalue weighted by molar-refractivity contribution is 5.98. The molecule has 1 nitrogen and oxygen atoms in total. The Bertz CT molecular complexity index is 271. The van der Waals surface area contributed by atoms with Gasteiger partial charge in [-0.1, -0.05) is 23.8 Å². The third kappa shape index (κ3) is 1.27. The van der Waals surface area contributed by atoms with Crippen LogP contribution in [0.3, 0.4) is 0 Å². The van der Waals surface area contributed by atoms with Crippen molar-refractivity contribution in [3.63, 3.8) is 0 Å². The monoisotopic (exact) mass is 162 g/mol. The van der Waals surface area contributed by atoms with Crippen molar-refractivity contribution in [2.75, 3.05) is 0 Å². The number of ketones is 1. The molecule has 0 aliphatic heterocycles. The Hall–Kier alpha value is -1.11. The molecule has 0 aromatic rings. The predicted molar refractivity (Wildman–Crippen MR) is 50.8 cm³/mol. The zero-order valence-corrected chi connectivity index (χ0v) is 7.63. The molecule has 0 radical (unpaired) electrons. The summed E-state index contributed by atoms with van der Waals surface area (Å²) in [6.07, 6.45) is 7.96. The normalized spacial score (nSPS) is 28.5. The van der Waals surface area contributed by atoms with E-state index in [1.54, 1.807) is 12.2 Å². The van der Waals surface area contributed by atoms with Crippen LogP contribution in [0, 0.1) is 5.41 Å². The van der Waals surface area contributed by atoms with E-state index in [1.807, 2.05) is 26.0 Å². The SMILES string of the molecule is C=CCC1(C)C(=O)C=CC=C1C. The molecule has 1 unspecified atom stereocenters. The molecule has 0 bridgehead atoms. The van der Waals surface area contributed by atoms with Gasteiger partial charge < -0.3 is 0 Å². The standard InChI is InChI=1S/C11H14O/c1-4-8-11(3)9(2)6-5-7-10(11)12/h4-7H,1,8H2,2-3H3. The van der Waals surface area contributed by atoms with Crippen molar-refractivity contribution in [3.05, 3.63) is 36.5 Å². The zero-order chi connectivity index (χ0) is 9.19. The lowest BCUT2D eigenvalue weighted by atomic mass is 9.74. The van der Waals surface area contributed by atoms with Gasteiger partial charge in [-0.15, -0.1) is 6.58 Å². The van der Waals surface area contributed by atoms with E-state index in [4.69, 9.17) is 0 Å². The highest BCUT2D eigenvalue weighted by Gasteiger charge is 2.32.